The summed E-state index contributed by atoms with van der Waals surface area (Å²) < 4.78 is 29.1. The minimum absolute atomic E-state index is 0.0846. The summed E-state index contributed by atoms with van der Waals surface area (Å²) in [6, 6.07) is 6.86. The van der Waals surface area contributed by atoms with E-state index in [4.69, 9.17) is 5.73 Å². The van der Waals surface area contributed by atoms with Crippen molar-refractivity contribution in [3.63, 3.8) is 0 Å². The molecule has 0 heterocycles. The van der Waals surface area contributed by atoms with Gasteiger partial charge >= 0.3 is 0 Å². The molecule has 0 aliphatic heterocycles. The zero-order valence-electron chi connectivity index (χ0n) is 16.0. The Morgan fingerprint density at radius 2 is 1.38 bits per heavy atom. The number of sulfonamides is 1. The molecule has 146 valence electrons. The second-order valence-electron chi connectivity index (χ2n) is 8.33. The molecule has 2 saturated carbocycles. The smallest absolute Gasteiger partial charge is 0.240 e. The van der Waals surface area contributed by atoms with E-state index >= 15 is 0 Å². The minimum Gasteiger partial charge on any atom is -0.326 e. The van der Waals surface area contributed by atoms with E-state index in [1.807, 2.05) is 19.1 Å². The number of hydrogen-bond acceptors (Lipinski definition) is 3. The van der Waals surface area contributed by atoms with Gasteiger partial charge < -0.3 is 5.73 Å². The van der Waals surface area contributed by atoms with E-state index < -0.39 is 10.0 Å². The van der Waals surface area contributed by atoms with E-state index in [-0.39, 0.29) is 12.1 Å². The number of aryl methyl sites for hydroxylation is 1. The van der Waals surface area contributed by atoms with Gasteiger partial charge in [0.2, 0.25) is 10.0 Å². The van der Waals surface area contributed by atoms with Crippen molar-refractivity contribution >= 4 is 10.0 Å². The van der Waals surface area contributed by atoms with Crippen LogP contribution in [0.1, 0.15) is 69.8 Å². The zero-order chi connectivity index (χ0) is 18.6. The fraction of sp³-hybridized carbons (Fsp3) is 0.714. The quantitative estimate of drug-likeness (QED) is 0.782. The molecule has 26 heavy (non-hydrogen) atoms. The number of hydrogen-bond donors (Lipinski definition) is 2. The van der Waals surface area contributed by atoms with E-state index in [1.54, 1.807) is 12.1 Å². The molecule has 2 unspecified atom stereocenters. The second-order valence-corrected chi connectivity index (χ2v) is 10.0. The van der Waals surface area contributed by atoms with Crippen LogP contribution in [0.3, 0.4) is 0 Å². The van der Waals surface area contributed by atoms with E-state index in [0.29, 0.717) is 16.7 Å². The third-order valence-corrected chi connectivity index (χ3v) is 7.86. The third-order valence-electron chi connectivity index (χ3n) is 6.39. The molecule has 1 aromatic rings. The van der Waals surface area contributed by atoms with Gasteiger partial charge in [-0.1, -0.05) is 56.2 Å². The van der Waals surface area contributed by atoms with Gasteiger partial charge in [0.1, 0.15) is 0 Å². The van der Waals surface area contributed by atoms with Crippen molar-refractivity contribution in [3.05, 3.63) is 29.8 Å². The molecule has 4 nitrogen and oxygen atoms in total. The van der Waals surface area contributed by atoms with Crippen LogP contribution in [0.2, 0.25) is 0 Å². The van der Waals surface area contributed by atoms with E-state index in [2.05, 4.69) is 4.72 Å². The Kier molecular flexibility index (Phi) is 6.76. The number of benzene rings is 1. The molecular weight excluding hydrogens is 344 g/mol. The summed E-state index contributed by atoms with van der Waals surface area (Å²) in [6.45, 7) is 1.97. The minimum atomic E-state index is -3.54. The first kappa shape index (κ1) is 19.8. The van der Waals surface area contributed by atoms with Crippen LogP contribution in [0.4, 0.5) is 0 Å². The lowest BCUT2D eigenvalue weighted by molar-refractivity contribution is 0.199. The zero-order valence-corrected chi connectivity index (χ0v) is 16.8. The van der Waals surface area contributed by atoms with Crippen LogP contribution in [-0.4, -0.2) is 20.5 Å². The maximum Gasteiger partial charge on any atom is 0.240 e. The Morgan fingerprint density at radius 3 is 1.92 bits per heavy atom. The van der Waals surface area contributed by atoms with Gasteiger partial charge in [0.25, 0.3) is 0 Å². The first-order valence-corrected chi connectivity index (χ1v) is 11.8. The molecular formula is C21H34N2O2S. The van der Waals surface area contributed by atoms with Crippen molar-refractivity contribution in [2.24, 2.45) is 17.6 Å². The average molecular weight is 379 g/mol. The summed E-state index contributed by atoms with van der Waals surface area (Å²) in [5.41, 5.74) is 7.77. The highest BCUT2D eigenvalue weighted by Gasteiger charge is 2.36. The molecule has 1 aromatic carbocycles. The van der Waals surface area contributed by atoms with Crippen molar-refractivity contribution in [3.8, 4) is 0 Å². The van der Waals surface area contributed by atoms with Crippen LogP contribution >= 0.6 is 0 Å². The van der Waals surface area contributed by atoms with Gasteiger partial charge in [-0.15, -0.1) is 0 Å². The molecule has 0 bridgehead atoms. The Morgan fingerprint density at radius 1 is 0.885 bits per heavy atom. The molecule has 0 spiro atoms. The average Bonchev–Trinajstić information content (AvgIpc) is 2.67. The van der Waals surface area contributed by atoms with Gasteiger partial charge in [-0.3, -0.25) is 0 Å². The summed E-state index contributed by atoms with van der Waals surface area (Å²) in [6.07, 6.45) is 11.8. The molecule has 0 saturated heterocycles. The number of rotatable bonds is 6. The number of nitrogens with one attached hydrogen (secondary N) is 1. The summed E-state index contributed by atoms with van der Waals surface area (Å²) in [7, 11) is -3.54. The van der Waals surface area contributed by atoms with Gasteiger partial charge in [0.15, 0.2) is 0 Å². The molecule has 3 N–H and O–H groups in total. The highest BCUT2D eigenvalue weighted by molar-refractivity contribution is 7.89. The Hall–Kier alpha value is -0.910. The standard InChI is InChI=1S/C21H34N2O2S/c1-16-12-14-19(15-13-16)26(24,25)23-21(18-10-6-3-7-11-18)20(22)17-8-4-2-5-9-17/h12-15,17-18,20-21,23H,2-11,22H2,1H3. The van der Waals surface area contributed by atoms with Crippen molar-refractivity contribution in [2.45, 2.75) is 88.1 Å². The van der Waals surface area contributed by atoms with Crippen LogP contribution < -0.4 is 10.5 Å². The maximum absolute atomic E-state index is 13.0. The molecule has 5 heteroatoms. The highest BCUT2D eigenvalue weighted by atomic mass is 32.2. The largest absolute Gasteiger partial charge is 0.326 e. The van der Waals surface area contributed by atoms with Crippen LogP contribution in [0, 0.1) is 18.8 Å². The molecule has 0 radical (unpaired) electrons. The van der Waals surface area contributed by atoms with Crippen LogP contribution in [0.15, 0.2) is 29.2 Å². The lowest BCUT2D eigenvalue weighted by Gasteiger charge is -2.39. The van der Waals surface area contributed by atoms with Crippen LogP contribution in [-0.2, 0) is 10.0 Å². The molecule has 0 aromatic heterocycles. The fourth-order valence-electron chi connectivity index (χ4n) is 4.76. The maximum atomic E-state index is 13.0. The SMILES string of the molecule is Cc1ccc(S(=O)(=O)NC(C2CCCCC2)C(N)C2CCCCC2)cc1. The Balaban J connectivity index is 1.80. The van der Waals surface area contributed by atoms with Gasteiger partial charge in [-0.2, -0.15) is 0 Å². The van der Waals surface area contributed by atoms with Crippen molar-refractivity contribution in [2.75, 3.05) is 0 Å². The molecule has 3 rings (SSSR count). The first-order valence-electron chi connectivity index (χ1n) is 10.3. The summed E-state index contributed by atoms with van der Waals surface area (Å²) in [5.74, 6) is 0.803. The normalized spacial score (nSPS) is 22.8. The second kappa shape index (κ2) is 8.85. The summed E-state index contributed by atoms with van der Waals surface area (Å²) in [5, 5.41) is 0. The van der Waals surface area contributed by atoms with Crippen LogP contribution in [0.25, 0.3) is 0 Å². The Labute approximate surface area is 159 Å². The number of nitrogens with two attached hydrogens (primary N) is 1. The van der Waals surface area contributed by atoms with E-state index in [0.717, 1.165) is 31.2 Å². The molecule has 0 amide bonds. The monoisotopic (exact) mass is 378 g/mol. The highest BCUT2D eigenvalue weighted by Crippen LogP contribution is 2.34. The van der Waals surface area contributed by atoms with Crippen molar-refractivity contribution in [1.29, 1.82) is 0 Å². The summed E-state index contributed by atoms with van der Waals surface area (Å²) in [4.78, 5) is 0.347. The van der Waals surface area contributed by atoms with Gasteiger partial charge in [0, 0.05) is 12.1 Å². The predicted octanol–water partition coefficient (Wildman–Crippen LogP) is 4.13. The van der Waals surface area contributed by atoms with Gasteiger partial charge in [-0.05, 0) is 56.6 Å². The lowest BCUT2D eigenvalue weighted by atomic mass is 9.75. The van der Waals surface area contributed by atoms with E-state index in [9.17, 15) is 8.42 Å². The van der Waals surface area contributed by atoms with Crippen LogP contribution in [0.5, 0.6) is 0 Å². The van der Waals surface area contributed by atoms with Gasteiger partial charge in [0.05, 0.1) is 4.90 Å². The molecule has 2 aliphatic carbocycles. The van der Waals surface area contributed by atoms with Crippen molar-refractivity contribution < 1.29 is 8.42 Å². The van der Waals surface area contributed by atoms with E-state index in [1.165, 1.54) is 38.5 Å². The fourth-order valence-corrected chi connectivity index (χ4v) is 6.10. The molecule has 2 atom stereocenters. The predicted molar refractivity (Wildman–Crippen MR) is 106 cm³/mol. The first-order chi connectivity index (χ1) is 12.5. The third kappa shape index (κ3) is 4.87. The van der Waals surface area contributed by atoms with Gasteiger partial charge in [-0.25, -0.2) is 13.1 Å². The topological polar surface area (TPSA) is 72.2 Å². The summed E-state index contributed by atoms with van der Waals surface area (Å²) >= 11 is 0. The Bertz CT molecular complexity index is 660. The molecule has 2 fully saturated rings. The molecule has 2 aliphatic rings. The lowest BCUT2D eigenvalue weighted by Crippen LogP contribution is -2.55. The van der Waals surface area contributed by atoms with Crippen molar-refractivity contribution in [1.82, 2.24) is 4.72 Å².